The second kappa shape index (κ2) is 9.58. The molecule has 0 saturated carbocycles. The lowest BCUT2D eigenvalue weighted by Crippen LogP contribution is -2.08. The SMILES string of the molecule is COc1ccccc1-c1coc2c(C)c(OC)c(/C(C)=C/C(=O)Nc3ccc4ncccc4c3)cc12. The second-order valence-corrected chi connectivity index (χ2v) is 8.54. The third kappa shape index (κ3) is 4.18. The van der Waals surface area contributed by atoms with Gasteiger partial charge in [0.15, 0.2) is 0 Å². The number of hydrogen-bond donors (Lipinski definition) is 1. The minimum absolute atomic E-state index is 0.229. The molecule has 0 aliphatic rings. The molecule has 5 aromatic rings. The maximum atomic E-state index is 12.9. The molecule has 2 aromatic heterocycles. The minimum Gasteiger partial charge on any atom is -0.496 e. The lowest BCUT2D eigenvalue weighted by Gasteiger charge is -2.14. The van der Waals surface area contributed by atoms with E-state index < -0.39 is 0 Å². The van der Waals surface area contributed by atoms with Gasteiger partial charge in [-0.1, -0.05) is 24.3 Å². The van der Waals surface area contributed by atoms with Crippen LogP contribution in [0.5, 0.6) is 11.5 Å². The van der Waals surface area contributed by atoms with Gasteiger partial charge in [-0.05, 0) is 55.8 Å². The van der Waals surface area contributed by atoms with Crippen LogP contribution in [0.3, 0.4) is 0 Å². The molecule has 5 rings (SSSR count). The van der Waals surface area contributed by atoms with Gasteiger partial charge in [0, 0.05) is 51.0 Å². The Labute approximate surface area is 209 Å². The lowest BCUT2D eigenvalue weighted by atomic mass is 9.96. The summed E-state index contributed by atoms with van der Waals surface area (Å²) < 4.78 is 17.3. The van der Waals surface area contributed by atoms with Gasteiger partial charge in [-0.15, -0.1) is 0 Å². The van der Waals surface area contributed by atoms with Crippen molar-refractivity contribution in [3.63, 3.8) is 0 Å². The van der Waals surface area contributed by atoms with E-state index in [4.69, 9.17) is 13.9 Å². The van der Waals surface area contributed by atoms with Crippen LogP contribution in [-0.2, 0) is 4.79 Å². The Balaban J connectivity index is 1.54. The van der Waals surface area contributed by atoms with E-state index in [1.54, 1.807) is 32.8 Å². The number of furan rings is 1. The number of rotatable bonds is 6. The first-order valence-corrected chi connectivity index (χ1v) is 11.6. The van der Waals surface area contributed by atoms with Crippen molar-refractivity contribution in [3.05, 3.63) is 90.3 Å². The molecule has 180 valence electrons. The Morgan fingerprint density at radius 2 is 1.83 bits per heavy atom. The van der Waals surface area contributed by atoms with Crippen molar-refractivity contribution in [2.24, 2.45) is 0 Å². The Morgan fingerprint density at radius 3 is 2.64 bits per heavy atom. The molecule has 0 aliphatic carbocycles. The van der Waals surface area contributed by atoms with Crippen molar-refractivity contribution in [2.75, 3.05) is 19.5 Å². The summed E-state index contributed by atoms with van der Waals surface area (Å²) in [6.45, 7) is 3.85. The molecule has 36 heavy (non-hydrogen) atoms. The number of anilines is 1. The number of nitrogens with one attached hydrogen (secondary N) is 1. The van der Waals surface area contributed by atoms with Crippen LogP contribution in [0.15, 0.2) is 83.6 Å². The van der Waals surface area contributed by atoms with Crippen molar-refractivity contribution < 1.29 is 18.7 Å². The number of aromatic nitrogens is 1. The van der Waals surface area contributed by atoms with Gasteiger partial charge < -0.3 is 19.2 Å². The number of amides is 1. The number of benzene rings is 3. The molecule has 0 aliphatic heterocycles. The maximum Gasteiger partial charge on any atom is 0.248 e. The molecule has 3 aromatic carbocycles. The highest BCUT2D eigenvalue weighted by molar-refractivity contribution is 6.06. The van der Waals surface area contributed by atoms with Crippen LogP contribution in [0, 0.1) is 6.92 Å². The van der Waals surface area contributed by atoms with Crippen molar-refractivity contribution in [3.8, 4) is 22.6 Å². The van der Waals surface area contributed by atoms with Crippen molar-refractivity contribution in [1.82, 2.24) is 4.98 Å². The van der Waals surface area contributed by atoms with Crippen LogP contribution in [0.25, 0.3) is 38.6 Å². The molecule has 1 amide bonds. The topological polar surface area (TPSA) is 73.6 Å². The van der Waals surface area contributed by atoms with Gasteiger partial charge in [0.1, 0.15) is 17.1 Å². The summed E-state index contributed by atoms with van der Waals surface area (Å²) in [5.74, 6) is 1.20. The van der Waals surface area contributed by atoms with Gasteiger partial charge in [0.25, 0.3) is 0 Å². The molecule has 0 spiro atoms. The summed E-state index contributed by atoms with van der Waals surface area (Å²) in [5, 5.41) is 4.83. The summed E-state index contributed by atoms with van der Waals surface area (Å²) in [5.41, 5.74) is 6.61. The Kier molecular flexibility index (Phi) is 6.17. The van der Waals surface area contributed by atoms with E-state index in [-0.39, 0.29) is 5.91 Å². The van der Waals surface area contributed by atoms with Crippen LogP contribution in [0.2, 0.25) is 0 Å². The Morgan fingerprint density at radius 1 is 1.00 bits per heavy atom. The third-order valence-corrected chi connectivity index (χ3v) is 6.29. The zero-order valence-electron chi connectivity index (χ0n) is 20.6. The summed E-state index contributed by atoms with van der Waals surface area (Å²) in [7, 11) is 3.27. The van der Waals surface area contributed by atoms with E-state index in [0.717, 1.165) is 55.4 Å². The van der Waals surface area contributed by atoms with Crippen LogP contribution in [0.1, 0.15) is 18.1 Å². The molecule has 0 bridgehead atoms. The molecule has 0 radical (unpaired) electrons. The van der Waals surface area contributed by atoms with E-state index in [1.165, 1.54) is 0 Å². The molecule has 0 unspecified atom stereocenters. The molecule has 1 N–H and O–H groups in total. The fourth-order valence-electron chi connectivity index (χ4n) is 4.55. The highest BCUT2D eigenvalue weighted by atomic mass is 16.5. The number of ether oxygens (including phenoxy) is 2. The van der Waals surface area contributed by atoms with E-state index >= 15 is 0 Å². The average molecular weight is 479 g/mol. The molecule has 2 heterocycles. The normalized spacial score (nSPS) is 11.6. The highest BCUT2D eigenvalue weighted by Crippen LogP contribution is 2.42. The van der Waals surface area contributed by atoms with Crippen molar-refractivity contribution in [2.45, 2.75) is 13.8 Å². The van der Waals surface area contributed by atoms with Gasteiger partial charge >= 0.3 is 0 Å². The second-order valence-electron chi connectivity index (χ2n) is 8.54. The predicted octanol–water partition coefficient (Wildman–Crippen LogP) is 7.02. The van der Waals surface area contributed by atoms with Crippen LogP contribution >= 0.6 is 0 Å². The first kappa shape index (κ1) is 23.2. The van der Waals surface area contributed by atoms with Gasteiger partial charge in [0.2, 0.25) is 5.91 Å². The number of fused-ring (bicyclic) bond motifs is 2. The number of pyridine rings is 1. The molecule has 0 atom stereocenters. The fourth-order valence-corrected chi connectivity index (χ4v) is 4.55. The monoisotopic (exact) mass is 478 g/mol. The smallest absolute Gasteiger partial charge is 0.248 e. The van der Waals surface area contributed by atoms with Gasteiger partial charge in [-0.25, -0.2) is 0 Å². The van der Waals surface area contributed by atoms with Crippen LogP contribution in [0.4, 0.5) is 5.69 Å². The number of hydrogen-bond acceptors (Lipinski definition) is 5. The van der Waals surface area contributed by atoms with E-state index in [2.05, 4.69) is 10.3 Å². The summed E-state index contributed by atoms with van der Waals surface area (Å²) in [6.07, 6.45) is 5.07. The number of aryl methyl sites for hydroxylation is 1. The Hall–Kier alpha value is -4.58. The summed E-state index contributed by atoms with van der Waals surface area (Å²) in [6, 6.07) is 19.3. The van der Waals surface area contributed by atoms with Crippen LogP contribution < -0.4 is 14.8 Å². The number of methoxy groups -OCH3 is 2. The maximum absolute atomic E-state index is 12.9. The van der Waals surface area contributed by atoms with E-state index in [9.17, 15) is 4.79 Å². The first-order valence-electron chi connectivity index (χ1n) is 11.6. The number of para-hydroxylation sites is 1. The van der Waals surface area contributed by atoms with Gasteiger partial charge in [-0.2, -0.15) is 0 Å². The number of allylic oxidation sites excluding steroid dienone is 1. The number of nitrogens with zero attached hydrogens (tertiary/aromatic N) is 1. The molecule has 0 saturated heterocycles. The standard InChI is InChI=1S/C30H26N2O4/c1-18(14-28(33)32-21-11-12-26-20(15-21)8-7-13-31-26)23-16-24-25(22-9-5-6-10-27(22)34-3)17-36-30(24)19(2)29(23)35-4/h5-17H,1-4H3,(H,32,33)/b18-14+. The number of carbonyl (C=O) groups is 1. The Bertz CT molecular complexity index is 1630. The quantitative estimate of drug-likeness (QED) is 0.266. The zero-order valence-corrected chi connectivity index (χ0v) is 20.6. The number of carbonyl (C=O) groups excluding carboxylic acids is 1. The first-order chi connectivity index (χ1) is 17.5. The molecule has 0 fully saturated rings. The predicted molar refractivity (Wildman–Crippen MR) is 144 cm³/mol. The lowest BCUT2D eigenvalue weighted by molar-refractivity contribution is -0.111. The molecule has 6 heteroatoms. The third-order valence-electron chi connectivity index (χ3n) is 6.29. The summed E-state index contributed by atoms with van der Waals surface area (Å²) >= 11 is 0. The fraction of sp³-hybridized carbons (Fsp3) is 0.133. The molecular formula is C30H26N2O4. The molecule has 6 nitrogen and oxygen atoms in total. The van der Waals surface area contributed by atoms with Crippen LogP contribution in [-0.4, -0.2) is 25.1 Å². The zero-order chi connectivity index (χ0) is 25.2. The molecular weight excluding hydrogens is 452 g/mol. The highest BCUT2D eigenvalue weighted by Gasteiger charge is 2.20. The largest absolute Gasteiger partial charge is 0.496 e. The van der Waals surface area contributed by atoms with Crippen molar-refractivity contribution >= 4 is 39.0 Å². The van der Waals surface area contributed by atoms with E-state index in [1.807, 2.05) is 74.5 Å². The van der Waals surface area contributed by atoms with Gasteiger partial charge in [0.05, 0.1) is 26.0 Å². The van der Waals surface area contributed by atoms with Gasteiger partial charge in [-0.3, -0.25) is 9.78 Å². The van der Waals surface area contributed by atoms with Crippen molar-refractivity contribution in [1.29, 1.82) is 0 Å². The minimum atomic E-state index is -0.229. The average Bonchev–Trinajstić information content (AvgIpc) is 3.32. The van der Waals surface area contributed by atoms with E-state index in [0.29, 0.717) is 11.4 Å². The summed E-state index contributed by atoms with van der Waals surface area (Å²) in [4.78, 5) is 17.2.